The largest absolute Gasteiger partial charge is 0.508 e. The first-order chi connectivity index (χ1) is 10.1. The van der Waals surface area contributed by atoms with Crippen LogP contribution in [0.2, 0.25) is 0 Å². The summed E-state index contributed by atoms with van der Waals surface area (Å²) in [5.41, 5.74) is 1.57. The van der Waals surface area contributed by atoms with Gasteiger partial charge in [0.25, 0.3) is 5.91 Å². The average molecular weight is 345 g/mol. The Morgan fingerprint density at radius 2 is 1.95 bits per heavy atom. The molecule has 2 aromatic rings. The number of nitrogens with zero attached hydrogens (tertiary/aromatic N) is 2. The maximum absolute atomic E-state index is 12.4. The highest BCUT2D eigenvalue weighted by Gasteiger charge is 2.33. The van der Waals surface area contributed by atoms with Crippen LogP contribution in [-0.4, -0.2) is 28.8 Å². The molecule has 5 heteroatoms. The maximum atomic E-state index is 12.4. The van der Waals surface area contributed by atoms with Crippen molar-refractivity contribution in [2.75, 3.05) is 7.05 Å². The van der Waals surface area contributed by atoms with Gasteiger partial charge in [-0.1, -0.05) is 40.2 Å². The van der Waals surface area contributed by atoms with Gasteiger partial charge >= 0.3 is 0 Å². The van der Waals surface area contributed by atoms with Crippen LogP contribution in [0.5, 0.6) is 5.75 Å². The molecule has 1 heterocycles. The summed E-state index contributed by atoms with van der Waals surface area (Å²) in [7, 11) is 1.71. The average Bonchev–Trinajstić information content (AvgIpc) is 2.75. The van der Waals surface area contributed by atoms with E-state index in [1.54, 1.807) is 36.2 Å². The highest BCUT2D eigenvalue weighted by molar-refractivity contribution is 9.10. The molecule has 1 atom stereocenters. The van der Waals surface area contributed by atoms with E-state index >= 15 is 0 Å². The molecular formula is C16H13BrN2O2. The van der Waals surface area contributed by atoms with Crippen molar-refractivity contribution < 1.29 is 9.90 Å². The quantitative estimate of drug-likeness (QED) is 0.909. The van der Waals surface area contributed by atoms with Gasteiger partial charge in [-0.15, -0.1) is 0 Å². The number of aliphatic imine (C=N–C) groups is 1. The third kappa shape index (κ3) is 2.56. The highest BCUT2D eigenvalue weighted by Crippen LogP contribution is 2.29. The van der Waals surface area contributed by atoms with Crippen LogP contribution in [0, 0.1) is 0 Å². The van der Waals surface area contributed by atoms with E-state index in [1.165, 1.54) is 0 Å². The fourth-order valence-corrected chi connectivity index (χ4v) is 2.76. The normalized spacial score (nSPS) is 18.0. The molecule has 21 heavy (non-hydrogen) atoms. The van der Waals surface area contributed by atoms with Crippen molar-refractivity contribution in [1.82, 2.24) is 4.90 Å². The van der Waals surface area contributed by atoms with Crippen molar-refractivity contribution >= 4 is 27.7 Å². The molecule has 3 rings (SSSR count). The summed E-state index contributed by atoms with van der Waals surface area (Å²) >= 11 is 3.42. The molecular weight excluding hydrogens is 332 g/mol. The number of carbonyl (C=O) groups is 1. The summed E-state index contributed by atoms with van der Waals surface area (Å²) < 4.78 is 0.935. The summed E-state index contributed by atoms with van der Waals surface area (Å²) in [6.45, 7) is 0. The molecule has 0 spiro atoms. The molecule has 106 valence electrons. The lowest BCUT2D eigenvalue weighted by Gasteiger charge is -2.13. The Labute approximate surface area is 130 Å². The zero-order valence-electron chi connectivity index (χ0n) is 11.3. The molecule has 1 aliphatic rings. The van der Waals surface area contributed by atoms with Gasteiger partial charge in [0.1, 0.15) is 11.6 Å². The van der Waals surface area contributed by atoms with Gasteiger partial charge in [0, 0.05) is 17.1 Å². The topological polar surface area (TPSA) is 52.9 Å². The smallest absolute Gasteiger partial charge is 0.257 e. The Bertz CT molecular complexity index is 743. The second kappa shape index (κ2) is 5.33. The van der Waals surface area contributed by atoms with Crippen LogP contribution in [0.4, 0.5) is 0 Å². The number of phenolic OH excluding ortho intramolecular Hbond substituents is 1. The Balaban J connectivity index is 2.03. The molecule has 0 fully saturated rings. The minimum Gasteiger partial charge on any atom is -0.508 e. The Morgan fingerprint density at radius 3 is 2.67 bits per heavy atom. The number of likely N-dealkylation sites (N-methyl/N-ethyl adjacent to an activating group) is 1. The number of amides is 1. The van der Waals surface area contributed by atoms with Crippen molar-refractivity contribution in [2.45, 2.75) is 6.04 Å². The third-order valence-electron chi connectivity index (χ3n) is 3.40. The molecule has 0 bridgehead atoms. The minimum atomic E-state index is -0.601. The number of hydrogen-bond acceptors (Lipinski definition) is 3. The van der Waals surface area contributed by atoms with Gasteiger partial charge in [0.15, 0.2) is 6.04 Å². The molecule has 1 aliphatic heterocycles. The third-order valence-corrected chi connectivity index (χ3v) is 3.90. The van der Waals surface area contributed by atoms with E-state index in [9.17, 15) is 9.90 Å². The van der Waals surface area contributed by atoms with E-state index in [2.05, 4.69) is 20.9 Å². The van der Waals surface area contributed by atoms with E-state index in [-0.39, 0.29) is 11.7 Å². The van der Waals surface area contributed by atoms with Crippen molar-refractivity contribution in [1.29, 1.82) is 0 Å². The van der Waals surface area contributed by atoms with Crippen molar-refractivity contribution in [3.8, 4) is 5.75 Å². The van der Waals surface area contributed by atoms with Gasteiger partial charge in [0.2, 0.25) is 0 Å². The highest BCUT2D eigenvalue weighted by atomic mass is 79.9. The number of rotatable bonds is 2. The SMILES string of the molecule is CN1C(=O)C(c2cccc(O)c2)N=C1c1cccc(Br)c1. The van der Waals surface area contributed by atoms with Crippen LogP contribution in [0.25, 0.3) is 0 Å². The number of hydrogen-bond donors (Lipinski definition) is 1. The molecule has 0 saturated carbocycles. The van der Waals surface area contributed by atoms with Gasteiger partial charge in [-0.3, -0.25) is 9.69 Å². The maximum Gasteiger partial charge on any atom is 0.257 e. The molecule has 2 aromatic carbocycles. The Morgan fingerprint density at radius 1 is 1.19 bits per heavy atom. The molecule has 0 aliphatic carbocycles. The van der Waals surface area contributed by atoms with Crippen molar-refractivity contribution in [2.24, 2.45) is 4.99 Å². The van der Waals surface area contributed by atoms with Crippen LogP contribution in [0.1, 0.15) is 17.2 Å². The number of benzene rings is 2. The zero-order valence-corrected chi connectivity index (χ0v) is 12.9. The summed E-state index contributed by atoms with van der Waals surface area (Å²) in [4.78, 5) is 18.5. The van der Waals surface area contributed by atoms with E-state index in [0.717, 1.165) is 10.0 Å². The van der Waals surface area contributed by atoms with E-state index in [4.69, 9.17) is 0 Å². The summed E-state index contributed by atoms with van der Waals surface area (Å²) in [5, 5.41) is 9.57. The van der Waals surface area contributed by atoms with Crippen LogP contribution >= 0.6 is 15.9 Å². The number of phenols is 1. The van der Waals surface area contributed by atoms with Gasteiger partial charge in [0.05, 0.1) is 0 Å². The summed E-state index contributed by atoms with van der Waals surface area (Å²) in [6.07, 6.45) is 0. The number of carbonyl (C=O) groups excluding carboxylic acids is 1. The Hall–Kier alpha value is -2.14. The number of amidine groups is 1. The lowest BCUT2D eigenvalue weighted by molar-refractivity contribution is -0.126. The monoisotopic (exact) mass is 344 g/mol. The molecule has 1 unspecified atom stereocenters. The first kappa shape index (κ1) is 13.8. The first-order valence-electron chi connectivity index (χ1n) is 6.46. The minimum absolute atomic E-state index is 0.101. The molecule has 1 N–H and O–H groups in total. The predicted molar refractivity (Wildman–Crippen MR) is 84.3 cm³/mol. The van der Waals surface area contributed by atoms with Gasteiger partial charge in [-0.25, -0.2) is 4.99 Å². The number of aromatic hydroxyl groups is 1. The Kier molecular flexibility index (Phi) is 3.51. The molecule has 0 aromatic heterocycles. The number of halogens is 1. The van der Waals surface area contributed by atoms with E-state index < -0.39 is 6.04 Å². The lowest BCUT2D eigenvalue weighted by atomic mass is 10.1. The molecule has 0 radical (unpaired) electrons. The lowest BCUT2D eigenvalue weighted by Crippen LogP contribution is -2.29. The summed E-state index contributed by atoms with van der Waals surface area (Å²) in [5.74, 6) is 0.666. The predicted octanol–water partition coefficient (Wildman–Crippen LogP) is 3.11. The molecule has 0 saturated heterocycles. The fraction of sp³-hybridized carbons (Fsp3) is 0.125. The second-order valence-corrected chi connectivity index (χ2v) is 5.77. The van der Waals surface area contributed by atoms with E-state index in [1.807, 2.05) is 24.3 Å². The van der Waals surface area contributed by atoms with Crippen molar-refractivity contribution in [3.63, 3.8) is 0 Å². The van der Waals surface area contributed by atoms with Crippen LogP contribution in [0.3, 0.4) is 0 Å². The van der Waals surface area contributed by atoms with Crippen molar-refractivity contribution in [3.05, 3.63) is 64.1 Å². The fourth-order valence-electron chi connectivity index (χ4n) is 2.36. The van der Waals surface area contributed by atoms with E-state index in [0.29, 0.717) is 11.4 Å². The zero-order chi connectivity index (χ0) is 15.0. The molecule has 1 amide bonds. The van der Waals surface area contributed by atoms with Crippen LogP contribution in [0.15, 0.2) is 58.0 Å². The first-order valence-corrected chi connectivity index (χ1v) is 7.26. The van der Waals surface area contributed by atoms with Gasteiger partial charge in [-0.2, -0.15) is 0 Å². The summed E-state index contributed by atoms with van der Waals surface area (Å²) in [6, 6.07) is 13.7. The standard InChI is InChI=1S/C16H13BrN2O2/c1-19-15(11-5-2-6-12(17)8-11)18-14(16(19)21)10-4-3-7-13(20)9-10/h2-9,14,20H,1H3. The molecule has 4 nitrogen and oxygen atoms in total. The van der Waals surface area contributed by atoms with Crippen LogP contribution in [-0.2, 0) is 4.79 Å². The van der Waals surface area contributed by atoms with Crippen LogP contribution < -0.4 is 0 Å². The second-order valence-electron chi connectivity index (χ2n) is 4.86. The van der Waals surface area contributed by atoms with Gasteiger partial charge in [-0.05, 0) is 29.8 Å². The van der Waals surface area contributed by atoms with Gasteiger partial charge < -0.3 is 5.11 Å².